The lowest BCUT2D eigenvalue weighted by Crippen LogP contribution is -2.51. The van der Waals surface area contributed by atoms with Gasteiger partial charge in [-0.15, -0.1) is 0 Å². The van der Waals surface area contributed by atoms with Crippen LogP contribution in [0, 0.1) is 13.8 Å². The molecule has 0 bridgehead atoms. The number of carbonyl (C=O) groups is 1. The van der Waals surface area contributed by atoms with Crippen LogP contribution in [0.5, 0.6) is 0 Å². The Morgan fingerprint density at radius 1 is 1.07 bits per heavy atom. The van der Waals surface area contributed by atoms with Gasteiger partial charge in [0, 0.05) is 6.04 Å². The highest BCUT2D eigenvalue weighted by Gasteiger charge is 2.32. The van der Waals surface area contributed by atoms with E-state index in [4.69, 9.17) is 0 Å². The molecule has 1 amide bonds. The van der Waals surface area contributed by atoms with E-state index in [-0.39, 0.29) is 11.9 Å². The average Bonchev–Trinajstić information content (AvgIpc) is 2.63. The molecule has 0 aromatic heterocycles. The van der Waals surface area contributed by atoms with Gasteiger partial charge in [-0.3, -0.25) is 9.10 Å². The summed E-state index contributed by atoms with van der Waals surface area (Å²) in [7, 11) is -3.63. The number of nitrogens with zero attached hydrogens (tertiary/aromatic N) is 1. The van der Waals surface area contributed by atoms with E-state index in [0.29, 0.717) is 12.1 Å². The van der Waals surface area contributed by atoms with Crippen LogP contribution in [0.15, 0.2) is 48.5 Å². The van der Waals surface area contributed by atoms with E-state index in [9.17, 15) is 13.2 Å². The standard InChI is InChI=1S/C23H32N2O3S/c1-6-22(23(26)24-19(4)12-13-20-10-8-7-9-11-20)25(29(5,27)28)21-15-17(2)14-18(3)16-21/h7-11,14-16,19,22H,6,12-13H2,1-5H3,(H,24,26)/t19-,22+/m1/s1. The van der Waals surface area contributed by atoms with Crippen LogP contribution in [-0.2, 0) is 21.2 Å². The number of carbonyl (C=O) groups excluding carboxylic acids is 1. The lowest BCUT2D eigenvalue weighted by Gasteiger charge is -2.31. The third-order valence-corrected chi connectivity index (χ3v) is 6.07. The van der Waals surface area contributed by atoms with Gasteiger partial charge in [0.05, 0.1) is 11.9 Å². The molecule has 6 heteroatoms. The van der Waals surface area contributed by atoms with Gasteiger partial charge >= 0.3 is 0 Å². The topological polar surface area (TPSA) is 66.5 Å². The highest BCUT2D eigenvalue weighted by molar-refractivity contribution is 7.92. The van der Waals surface area contributed by atoms with Crippen molar-refractivity contribution < 1.29 is 13.2 Å². The Balaban J connectivity index is 2.17. The summed E-state index contributed by atoms with van der Waals surface area (Å²) in [5.41, 5.74) is 3.66. The largest absolute Gasteiger partial charge is 0.352 e. The van der Waals surface area contributed by atoms with Crippen molar-refractivity contribution in [3.05, 3.63) is 65.2 Å². The van der Waals surface area contributed by atoms with E-state index in [1.54, 1.807) is 0 Å². The van der Waals surface area contributed by atoms with E-state index in [0.717, 1.165) is 30.2 Å². The summed E-state index contributed by atoms with van der Waals surface area (Å²) in [6, 6.07) is 14.9. The molecule has 0 aliphatic rings. The van der Waals surface area contributed by atoms with Crippen LogP contribution in [-0.4, -0.2) is 32.7 Å². The number of aryl methyl sites for hydroxylation is 3. The molecule has 158 valence electrons. The van der Waals surface area contributed by atoms with E-state index in [2.05, 4.69) is 17.4 Å². The van der Waals surface area contributed by atoms with Crippen molar-refractivity contribution in [2.24, 2.45) is 0 Å². The Labute approximate surface area is 175 Å². The Hall–Kier alpha value is -2.34. The summed E-state index contributed by atoms with van der Waals surface area (Å²) in [5, 5.41) is 3.01. The number of hydrogen-bond donors (Lipinski definition) is 1. The summed E-state index contributed by atoms with van der Waals surface area (Å²) in [4.78, 5) is 13.0. The zero-order valence-corrected chi connectivity index (χ0v) is 18.8. The Morgan fingerprint density at radius 3 is 2.17 bits per heavy atom. The lowest BCUT2D eigenvalue weighted by atomic mass is 10.1. The summed E-state index contributed by atoms with van der Waals surface area (Å²) >= 11 is 0. The van der Waals surface area contributed by atoms with Crippen molar-refractivity contribution in [2.45, 2.75) is 59.0 Å². The zero-order valence-electron chi connectivity index (χ0n) is 18.0. The van der Waals surface area contributed by atoms with Crippen LogP contribution >= 0.6 is 0 Å². The maximum Gasteiger partial charge on any atom is 0.244 e. The SMILES string of the molecule is CC[C@@H](C(=O)N[C@H](C)CCc1ccccc1)N(c1cc(C)cc(C)c1)S(C)(=O)=O. The molecule has 2 aromatic carbocycles. The van der Waals surface area contributed by atoms with Crippen LogP contribution in [0.25, 0.3) is 0 Å². The molecule has 0 aliphatic carbocycles. The number of hydrogen-bond acceptors (Lipinski definition) is 3. The van der Waals surface area contributed by atoms with Gasteiger partial charge in [-0.05, 0) is 68.9 Å². The highest BCUT2D eigenvalue weighted by atomic mass is 32.2. The van der Waals surface area contributed by atoms with E-state index < -0.39 is 16.1 Å². The fraction of sp³-hybridized carbons (Fsp3) is 0.435. The monoisotopic (exact) mass is 416 g/mol. The van der Waals surface area contributed by atoms with Crippen LogP contribution in [0.1, 0.15) is 43.4 Å². The minimum absolute atomic E-state index is 0.0580. The molecule has 0 heterocycles. The minimum Gasteiger partial charge on any atom is -0.352 e. The van der Waals surface area contributed by atoms with Gasteiger partial charge in [0.1, 0.15) is 6.04 Å². The summed E-state index contributed by atoms with van der Waals surface area (Å²) < 4.78 is 26.5. The molecule has 1 N–H and O–H groups in total. The van der Waals surface area contributed by atoms with Crippen molar-refractivity contribution in [3.8, 4) is 0 Å². The molecule has 0 radical (unpaired) electrons. The smallest absolute Gasteiger partial charge is 0.244 e. The molecule has 5 nitrogen and oxygen atoms in total. The number of benzene rings is 2. The van der Waals surface area contributed by atoms with Crippen molar-refractivity contribution >= 4 is 21.6 Å². The molecule has 0 unspecified atom stereocenters. The highest BCUT2D eigenvalue weighted by Crippen LogP contribution is 2.25. The first-order valence-electron chi connectivity index (χ1n) is 10.0. The first kappa shape index (κ1) is 22.9. The summed E-state index contributed by atoms with van der Waals surface area (Å²) in [6.45, 7) is 7.63. The van der Waals surface area contributed by atoms with Crippen molar-refractivity contribution in [1.82, 2.24) is 5.32 Å². The van der Waals surface area contributed by atoms with Crippen LogP contribution in [0.4, 0.5) is 5.69 Å². The Bertz CT molecular complexity index is 906. The molecule has 0 spiro atoms. The molecule has 0 fully saturated rings. The normalized spacial score (nSPS) is 13.6. The van der Waals surface area contributed by atoms with Crippen LogP contribution in [0.2, 0.25) is 0 Å². The van der Waals surface area contributed by atoms with Crippen molar-refractivity contribution in [2.75, 3.05) is 10.6 Å². The van der Waals surface area contributed by atoms with Gasteiger partial charge < -0.3 is 5.32 Å². The zero-order chi connectivity index (χ0) is 21.6. The second-order valence-corrected chi connectivity index (χ2v) is 9.62. The molecule has 29 heavy (non-hydrogen) atoms. The van der Waals surface area contributed by atoms with Gasteiger partial charge in [0.25, 0.3) is 0 Å². The number of anilines is 1. The van der Waals surface area contributed by atoms with E-state index >= 15 is 0 Å². The fourth-order valence-electron chi connectivity index (χ4n) is 3.58. The maximum atomic E-state index is 13.0. The van der Waals surface area contributed by atoms with E-state index in [1.807, 2.05) is 64.1 Å². The summed E-state index contributed by atoms with van der Waals surface area (Å²) in [5.74, 6) is -0.266. The summed E-state index contributed by atoms with van der Waals surface area (Å²) in [6.07, 6.45) is 3.18. The molecular weight excluding hydrogens is 384 g/mol. The minimum atomic E-state index is -3.63. The number of sulfonamides is 1. The molecule has 0 saturated carbocycles. The Morgan fingerprint density at radius 2 is 1.66 bits per heavy atom. The van der Waals surface area contributed by atoms with E-state index in [1.165, 1.54) is 9.87 Å². The predicted molar refractivity (Wildman–Crippen MR) is 120 cm³/mol. The van der Waals surface area contributed by atoms with Gasteiger partial charge in [0.15, 0.2) is 0 Å². The van der Waals surface area contributed by atoms with Crippen LogP contribution < -0.4 is 9.62 Å². The third-order valence-electron chi connectivity index (χ3n) is 4.89. The maximum absolute atomic E-state index is 13.0. The average molecular weight is 417 g/mol. The first-order chi connectivity index (χ1) is 13.6. The molecule has 0 aliphatic heterocycles. The van der Waals surface area contributed by atoms with Gasteiger partial charge in [-0.25, -0.2) is 8.42 Å². The molecule has 0 saturated heterocycles. The molecule has 2 aromatic rings. The second-order valence-electron chi connectivity index (χ2n) is 7.76. The number of amides is 1. The predicted octanol–water partition coefficient (Wildman–Crippen LogP) is 3.99. The number of rotatable bonds is 9. The second kappa shape index (κ2) is 9.92. The van der Waals surface area contributed by atoms with Gasteiger partial charge in [0.2, 0.25) is 15.9 Å². The van der Waals surface area contributed by atoms with Gasteiger partial charge in [-0.2, -0.15) is 0 Å². The van der Waals surface area contributed by atoms with Crippen molar-refractivity contribution in [1.29, 1.82) is 0 Å². The quantitative estimate of drug-likeness (QED) is 0.672. The van der Waals surface area contributed by atoms with Crippen LogP contribution in [0.3, 0.4) is 0 Å². The Kier molecular flexibility index (Phi) is 7.85. The molecule has 2 atom stereocenters. The van der Waals surface area contributed by atoms with Gasteiger partial charge in [-0.1, -0.05) is 43.3 Å². The number of nitrogens with one attached hydrogen (secondary N) is 1. The third kappa shape index (κ3) is 6.60. The molecule has 2 rings (SSSR count). The molecular formula is C23H32N2O3S. The van der Waals surface area contributed by atoms with Crippen molar-refractivity contribution in [3.63, 3.8) is 0 Å². The lowest BCUT2D eigenvalue weighted by molar-refractivity contribution is -0.122. The first-order valence-corrected chi connectivity index (χ1v) is 11.9. The fourth-order valence-corrected chi connectivity index (χ4v) is 4.77.